The summed E-state index contributed by atoms with van der Waals surface area (Å²) in [6.45, 7) is 6.59. The van der Waals surface area contributed by atoms with Crippen molar-refractivity contribution in [2.75, 3.05) is 10.6 Å². The van der Waals surface area contributed by atoms with Crippen molar-refractivity contribution in [1.82, 2.24) is 0 Å². The van der Waals surface area contributed by atoms with Crippen molar-refractivity contribution in [2.45, 2.75) is 38.8 Å². The normalized spacial score (nSPS) is 15.0. The average Bonchev–Trinajstić information content (AvgIpc) is 3.08. The van der Waals surface area contributed by atoms with Crippen LogP contribution >= 0.6 is 0 Å². The molecule has 0 saturated heterocycles. The van der Waals surface area contributed by atoms with E-state index in [9.17, 15) is 14.7 Å². The molecule has 2 aliphatic rings. The van der Waals surface area contributed by atoms with Crippen LogP contribution in [-0.2, 0) is 5.41 Å². The lowest BCUT2D eigenvalue weighted by molar-refractivity contribution is 0.0993. The number of nitrogens with one attached hydrogen (secondary N) is 2. The molecule has 1 atom stereocenters. The van der Waals surface area contributed by atoms with Crippen LogP contribution in [0.1, 0.15) is 70.2 Å². The van der Waals surface area contributed by atoms with Gasteiger partial charge in [0.05, 0.1) is 22.5 Å². The smallest absolute Gasteiger partial charge is 0.196 e. The van der Waals surface area contributed by atoms with Crippen molar-refractivity contribution < 1.29 is 19.4 Å². The van der Waals surface area contributed by atoms with Gasteiger partial charge in [-0.3, -0.25) is 9.59 Å². The first kappa shape index (κ1) is 29.3. The molecule has 0 fully saturated rings. The minimum absolute atomic E-state index is 0.0178. The molecule has 0 saturated carbocycles. The number of rotatable bonds is 8. The zero-order valence-corrected chi connectivity index (χ0v) is 25.9. The van der Waals surface area contributed by atoms with Crippen molar-refractivity contribution in [3.05, 3.63) is 154 Å². The number of carbonyl (C=O) groups excluding carboxylic acids is 2. The van der Waals surface area contributed by atoms with Crippen molar-refractivity contribution in [3.8, 4) is 11.5 Å². The summed E-state index contributed by atoms with van der Waals surface area (Å²) in [6.07, 6.45) is -0.361. The molecule has 5 aromatic rings. The Labute approximate surface area is 268 Å². The molecule has 1 heterocycles. The van der Waals surface area contributed by atoms with Crippen molar-refractivity contribution in [1.29, 1.82) is 0 Å². The number of ketones is 2. The summed E-state index contributed by atoms with van der Waals surface area (Å²) < 4.78 is 6.55. The van der Waals surface area contributed by atoms with Crippen LogP contribution in [0.4, 0.5) is 17.1 Å². The SMILES string of the molecule is CCC(C)(C)c1ccc(Oc2cc(Nc3ccccc3)c3c4c2NC(O)C(C(=O)c2ccccc2)=C4c2ccccc2C3=O)cc1. The topological polar surface area (TPSA) is 87.7 Å². The molecule has 1 unspecified atom stereocenters. The molecule has 1 aliphatic carbocycles. The van der Waals surface area contributed by atoms with Gasteiger partial charge in [-0.25, -0.2) is 0 Å². The first-order chi connectivity index (χ1) is 22.3. The van der Waals surface area contributed by atoms with E-state index in [4.69, 9.17) is 4.74 Å². The van der Waals surface area contributed by atoms with Gasteiger partial charge in [-0.2, -0.15) is 0 Å². The van der Waals surface area contributed by atoms with Gasteiger partial charge in [0.15, 0.2) is 23.5 Å². The third kappa shape index (κ3) is 4.97. The Balaban J connectivity index is 1.48. The van der Waals surface area contributed by atoms with Gasteiger partial charge in [0.2, 0.25) is 0 Å². The number of carbonyl (C=O) groups is 2. The Morgan fingerprint density at radius 3 is 2.15 bits per heavy atom. The molecule has 5 aromatic carbocycles. The molecular weight excluding hydrogens is 572 g/mol. The molecule has 0 radical (unpaired) electrons. The minimum atomic E-state index is -1.35. The largest absolute Gasteiger partial charge is 0.455 e. The summed E-state index contributed by atoms with van der Waals surface area (Å²) >= 11 is 0. The molecule has 0 amide bonds. The molecule has 6 heteroatoms. The van der Waals surface area contributed by atoms with Gasteiger partial charge in [-0.15, -0.1) is 0 Å². The summed E-state index contributed by atoms with van der Waals surface area (Å²) in [5.41, 5.74) is 6.09. The molecule has 6 nitrogen and oxygen atoms in total. The van der Waals surface area contributed by atoms with Crippen LogP contribution in [0.25, 0.3) is 5.57 Å². The van der Waals surface area contributed by atoms with Gasteiger partial charge < -0.3 is 20.5 Å². The predicted molar refractivity (Wildman–Crippen MR) is 182 cm³/mol. The maximum Gasteiger partial charge on any atom is 0.196 e. The van der Waals surface area contributed by atoms with E-state index in [1.54, 1.807) is 36.4 Å². The lowest BCUT2D eigenvalue weighted by Crippen LogP contribution is -2.34. The summed E-state index contributed by atoms with van der Waals surface area (Å²) in [5.74, 6) is 0.508. The van der Waals surface area contributed by atoms with Gasteiger partial charge >= 0.3 is 0 Å². The molecule has 0 spiro atoms. The zero-order valence-electron chi connectivity index (χ0n) is 25.9. The van der Waals surface area contributed by atoms with E-state index in [0.717, 1.165) is 12.1 Å². The van der Waals surface area contributed by atoms with Crippen LogP contribution in [0.5, 0.6) is 11.5 Å². The van der Waals surface area contributed by atoms with E-state index in [1.165, 1.54) is 5.56 Å². The highest BCUT2D eigenvalue weighted by atomic mass is 16.5. The molecule has 1 aliphatic heterocycles. The molecule has 0 bridgehead atoms. The predicted octanol–water partition coefficient (Wildman–Crippen LogP) is 8.88. The zero-order chi connectivity index (χ0) is 32.0. The Bertz CT molecular complexity index is 2010. The van der Waals surface area contributed by atoms with Gasteiger partial charge in [0, 0.05) is 34.0 Å². The van der Waals surface area contributed by atoms with Crippen LogP contribution in [0.3, 0.4) is 0 Å². The molecule has 228 valence electrons. The number of Topliss-reactive ketones (excluding diaryl/α,β-unsaturated/α-hetero) is 1. The van der Waals surface area contributed by atoms with Crippen molar-refractivity contribution in [2.24, 2.45) is 0 Å². The van der Waals surface area contributed by atoms with Gasteiger partial charge in [-0.1, -0.05) is 106 Å². The standard InChI is InChI=1S/C40H34N2O4/c1-4-40(2,3)25-19-21-27(22-20-25)46-31-23-30(41-26-15-9-6-10-16-26)33-34-32(28-17-11-12-18-29(28)38(33)44)35(39(45)42-36(31)34)37(43)24-13-7-5-8-14-24/h5-23,39,41-42,45H,4H2,1-3H3. The molecular formula is C40H34N2O4. The summed E-state index contributed by atoms with van der Waals surface area (Å²) in [6, 6.07) is 35.5. The Morgan fingerprint density at radius 2 is 1.48 bits per heavy atom. The highest BCUT2D eigenvalue weighted by Crippen LogP contribution is 2.52. The summed E-state index contributed by atoms with van der Waals surface area (Å²) in [7, 11) is 0. The lowest BCUT2D eigenvalue weighted by Gasteiger charge is -2.35. The fourth-order valence-corrected chi connectivity index (χ4v) is 6.23. The second kappa shape index (κ2) is 11.5. The number of ether oxygens (including phenoxy) is 1. The van der Waals surface area contributed by atoms with Gasteiger partial charge in [-0.05, 0) is 47.2 Å². The number of anilines is 3. The number of fused-ring (bicyclic) bond motifs is 2. The van der Waals surface area contributed by atoms with Crippen LogP contribution in [0.2, 0.25) is 0 Å². The monoisotopic (exact) mass is 606 g/mol. The molecule has 46 heavy (non-hydrogen) atoms. The lowest BCUT2D eigenvalue weighted by atomic mass is 9.74. The van der Waals surface area contributed by atoms with E-state index in [-0.39, 0.29) is 22.6 Å². The first-order valence-corrected chi connectivity index (χ1v) is 15.5. The van der Waals surface area contributed by atoms with Crippen LogP contribution in [0.15, 0.2) is 121 Å². The van der Waals surface area contributed by atoms with Gasteiger partial charge in [0.25, 0.3) is 0 Å². The number of hydrogen-bond donors (Lipinski definition) is 3. The number of aliphatic hydroxyl groups is 1. The fraction of sp³-hybridized carbons (Fsp3) is 0.150. The second-order valence-electron chi connectivity index (χ2n) is 12.3. The molecule has 3 N–H and O–H groups in total. The first-order valence-electron chi connectivity index (χ1n) is 15.5. The van der Waals surface area contributed by atoms with E-state index in [0.29, 0.717) is 56.3 Å². The summed E-state index contributed by atoms with van der Waals surface area (Å²) in [4.78, 5) is 28.5. The van der Waals surface area contributed by atoms with E-state index in [1.807, 2.05) is 66.7 Å². The number of aliphatic hydroxyl groups excluding tert-OH is 1. The van der Waals surface area contributed by atoms with E-state index in [2.05, 4.69) is 43.5 Å². The maximum atomic E-state index is 14.3. The Kier molecular flexibility index (Phi) is 7.30. The van der Waals surface area contributed by atoms with E-state index < -0.39 is 6.23 Å². The number of hydrogen-bond acceptors (Lipinski definition) is 6. The third-order valence-corrected chi connectivity index (χ3v) is 9.11. The Morgan fingerprint density at radius 1 is 0.848 bits per heavy atom. The van der Waals surface area contributed by atoms with Crippen LogP contribution in [-0.4, -0.2) is 22.9 Å². The number of benzene rings is 5. The van der Waals surface area contributed by atoms with Gasteiger partial charge in [0.1, 0.15) is 5.75 Å². The second-order valence-corrected chi connectivity index (χ2v) is 12.3. The minimum Gasteiger partial charge on any atom is -0.455 e. The maximum absolute atomic E-state index is 14.3. The molecule has 7 rings (SSSR count). The van der Waals surface area contributed by atoms with Crippen LogP contribution < -0.4 is 15.4 Å². The highest BCUT2D eigenvalue weighted by Gasteiger charge is 2.41. The average molecular weight is 607 g/mol. The fourth-order valence-electron chi connectivity index (χ4n) is 6.23. The Hall–Kier alpha value is -5.46. The summed E-state index contributed by atoms with van der Waals surface area (Å²) in [5, 5.41) is 18.2. The third-order valence-electron chi connectivity index (χ3n) is 9.11. The van der Waals surface area contributed by atoms with E-state index >= 15 is 0 Å². The van der Waals surface area contributed by atoms with Crippen molar-refractivity contribution >= 4 is 34.2 Å². The molecule has 0 aromatic heterocycles. The quantitative estimate of drug-likeness (QED) is 0.150. The van der Waals surface area contributed by atoms with Crippen LogP contribution in [0, 0.1) is 0 Å². The highest BCUT2D eigenvalue weighted by molar-refractivity contribution is 6.28. The van der Waals surface area contributed by atoms with Crippen molar-refractivity contribution in [3.63, 3.8) is 0 Å². The number of para-hydroxylation sites is 1.